The van der Waals surface area contributed by atoms with Crippen molar-refractivity contribution in [3.8, 4) is 0 Å². The van der Waals surface area contributed by atoms with Gasteiger partial charge in [-0.15, -0.1) is 0 Å². The molecule has 0 fully saturated rings. The zero-order valence-corrected chi connectivity index (χ0v) is 37.7. The van der Waals surface area contributed by atoms with Crippen LogP contribution in [0, 0.1) is 0 Å². The second-order valence-electron chi connectivity index (χ2n) is 16.4. The molecule has 0 spiro atoms. The summed E-state index contributed by atoms with van der Waals surface area (Å²) in [7, 11) is 0. The summed E-state index contributed by atoms with van der Waals surface area (Å²) in [5.41, 5.74) is 17.5. The number of rotatable bonds is 15. The van der Waals surface area contributed by atoms with E-state index in [1.807, 2.05) is 0 Å². The Kier molecular flexibility index (Phi) is 14.6. The third-order valence-corrected chi connectivity index (χ3v) is 11.8. The maximum absolute atomic E-state index is 2.34. The van der Waals surface area contributed by atoms with E-state index in [0.29, 0.717) is 0 Å². The molecule has 1 heteroatoms. The summed E-state index contributed by atoms with van der Waals surface area (Å²) in [5.74, 6) is 0. The highest BCUT2D eigenvalue weighted by atomic mass is 15.1. The molecule has 0 N–H and O–H groups in total. The van der Waals surface area contributed by atoms with Crippen LogP contribution in [0.5, 0.6) is 0 Å². The molecule has 0 radical (unpaired) electrons. The summed E-state index contributed by atoms with van der Waals surface area (Å²) in [6.45, 7) is 0. The second-order valence-corrected chi connectivity index (χ2v) is 16.4. The number of benzene rings is 8. The van der Waals surface area contributed by atoms with Crippen molar-refractivity contribution in [2.45, 2.75) is 12.8 Å². The molecule has 0 aliphatic heterocycles. The van der Waals surface area contributed by atoms with Gasteiger partial charge < -0.3 is 4.90 Å². The Labute approximate surface area is 397 Å². The molecule has 67 heavy (non-hydrogen) atoms. The average molecular weight is 860 g/mol. The Morgan fingerprint density at radius 3 is 0.910 bits per heavy atom. The van der Waals surface area contributed by atoms with E-state index in [9.17, 15) is 0 Å². The van der Waals surface area contributed by atoms with Crippen molar-refractivity contribution < 1.29 is 0 Å². The number of nitrogens with zero attached hydrogens (tertiary/aromatic N) is 1. The van der Waals surface area contributed by atoms with Gasteiger partial charge in [-0.25, -0.2) is 0 Å². The molecule has 0 amide bonds. The van der Waals surface area contributed by atoms with Crippen molar-refractivity contribution in [3.05, 3.63) is 329 Å². The quantitative estimate of drug-likeness (QED) is 0.0929. The van der Waals surface area contributed by atoms with Crippen LogP contribution >= 0.6 is 0 Å². The Hall–Kier alpha value is -8.52. The van der Waals surface area contributed by atoms with Crippen LogP contribution < -0.4 is 4.90 Å². The van der Waals surface area contributed by atoms with E-state index < -0.39 is 0 Å². The molecule has 0 saturated carbocycles. The smallest absolute Gasteiger partial charge is 0.0462 e. The van der Waals surface area contributed by atoms with Crippen molar-refractivity contribution in [2.24, 2.45) is 0 Å². The van der Waals surface area contributed by atoms with Gasteiger partial charge in [0.1, 0.15) is 0 Å². The van der Waals surface area contributed by atoms with Gasteiger partial charge in [0.25, 0.3) is 0 Å². The van der Waals surface area contributed by atoms with E-state index >= 15 is 0 Å². The highest BCUT2D eigenvalue weighted by Crippen LogP contribution is 2.36. The summed E-state index contributed by atoms with van der Waals surface area (Å²) in [4.78, 5) is 2.33. The van der Waals surface area contributed by atoms with Crippen molar-refractivity contribution in [1.29, 1.82) is 0 Å². The lowest BCUT2D eigenvalue weighted by Gasteiger charge is -2.26. The van der Waals surface area contributed by atoms with Crippen molar-refractivity contribution in [1.82, 2.24) is 0 Å². The van der Waals surface area contributed by atoms with Crippen LogP contribution in [-0.2, 0) is 0 Å². The molecular formula is C66H53N. The minimum absolute atomic E-state index is 1.07. The van der Waals surface area contributed by atoms with E-state index in [4.69, 9.17) is 0 Å². The third-order valence-electron chi connectivity index (χ3n) is 11.8. The zero-order chi connectivity index (χ0) is 45.3. The van der Waals surface area contributed by atoms with Gasteiger partial charge in [-0.05, 0) is 116 Å². The highest BCUT2D eigenvalue weighted by Gasteiger charge is 2.13. The first kappa shape index (κ1) is 43.7. The summed E-state index contributed by atoms with van der Waals surface area (Å²) in [6, 6.07) is 79.5. The predicted octanol–water partition coefficient (Wildman–Crippen LogP) is 17.8. The molecule has 0 unspecified atom stereocenters. The topological polar surface area (TPSA) is 3.24 Å². The average Bonchev–Trinajstić information content (AvgIpc) is 3.41. The molecule has 0 atom stereocenters. The Morgan fingerprint density at radius 2 is 0.612 bits per heavy atom. The standard InChI is InChI=1S/C66H53N/c1-7-25-55(26-8-1)64(56-27-9-2-10-28-56)37-19-22-52-40-46-61(47-41-52)67(62-48-42-53(43-49-62)23-20-38-65(57-29-11-3-12-30-57)58-31-13-4-14-32-58)63-50-44-54(45-51-63)24-21-39-66(59-33-15-5-16-34-59)60-35-17-6-18-36-60/h1-5,7-17,19-51H,6,18H2/b22-19-,23-20+,24-21+,66-39+. The van der Waals surface area contributed by atoms with Gasteiger partial charge in [0.05, 0.1) is 0 Å². The fourth-order valence-electron chi connectivity index (χ4n) is 8.40. The Balaban J connectivity index is 1.00. The fraction of sp³-hybridized carbons (Fsp3) is 0.0303. The van der Waals surface area contributed by atoms with Crippen LogP contribution in [0.15, 0.2) is 285 Å². The first-order chi connectivity index (χ1) is 33.2. The van der Waals surface area contributed by atoms with Crippen LogP contribution in [0.4, 0.5) is 17.1 Å². The van der Waals surface area contributed by atoms with Crippen LogP contribution in [0.1, 0.15) is 57.3 Å². The molecule has 0 bridgehead atoms. The largest absolute Gasteiger partial charge is 0.311 e. The Bertz CT molecular complexity index is 2840. The maximum atomic E-state index is 2.34. The minimum Gasteiger partial charge on any atom is -0.311 e. The number of hydrogen-bond donors (Lipinski definition) is 0. The first-order valence-corrected chi connectivity index (χ1v) is 23.1. The minimum atomic E-state index is 1.07. The summed E-state index contributed by atoms with van der Waals surface area (Å²) in [6.07, 6.45) is 28.7. The summed E-state index contributed by atoms with van der Waals surface area (Å²) in [5, 5.41) is 0. The SMILES string of the molecule is C1=CC(/C(=C/C=C/c2ccc(N(c3ccc(/C=C\C=C(c4ccccc4)c4ccccc4)cc3)c3ccc(/C=C/C=C(c4ccccc4)c4ccccc4)cc3)cc2)c2ccccc2)=CCC1. The lowest BCUT2D eigenvalue weighted by atomic mass is 9.93. The predicted molar refractivity (Wildman–Crippen MR) is 289 cm³/mol. The first-order valence-electron chi connectivity index (χ1n) is 23.1. The van der Waals surface area contributed by atoms with Gasteiger partial charge in [0.15, 0.2) is 0 Å². The maximum Gasteiger partial charge on any atom is 0.0462 e. The molecular weight excluding hydrogens is 807 g/mol. The molecule has 1 aliphatic rings. The molecule has 322 valence electrons. The third kappa shape index (κ3) is 11.6. The fourth-order valence-corrected chi connectivity index (χ4v) is 8.40. The number of allylic oxidation sites excluding steroid dienone is 11. The van der Waals surface area contributed by atoms with E-state index in [1.54, 1.807) is 0 Å². The molecule has 0 heterocycles. The molecule has 1 nitrogen and oxygen atoms in total. The van der Waals surface area contributed by atoms with E-state index in [2.05, 4.69) is 302 Å². The van der Waals surface area contributed by atoms with E-state index in [-0.39, 0.29) is 0 Å². The van der Waals surface area contributed by atoms with E-state index in [1.165, 1.54) is 50.1 Å². The summed E-state index contributed by atoms with van der Waals surface area (Å²) < 4.78 is 0. The number of hydrogen-bond acceptors (Lipinski definition) is 1. The van der Waals surface area contributed by atoms with Crippen molar-refractivity contribution >= 4 is 52.0 Å². The highest BCUT2D eigenvalue weighted by molar-refractivity contribution is 5.85. The lowest BCUT2D eigenvalue weighted by Crippen LogP contribution is -2.09. The van der Waals surface area contributed by atoms with Crippen molar-refractivity contribution in [2.75, 3.05) is 4.90 Å². The molecule has 0 aromatic heterocycles. The zero-order valence-electron chi connectivity index (χ0n) is 37.7. The lowest BCUT2D eigenvalue weighted by molar-refractivity contribution is 1.03. The van der Waals surface area contributed by atoms with Crippen LogP contribution in [0.2, 0.25) is 0 Å². The second kappa shape index (κ2) is 22.4. The van der Waals surface area contributed by atoms with Crippen LogP contribution in [0.3, 0.4) is 0 Å². The van der Waals surface area contributed by atoms with Crippen molar-refractivity contribution in [3.63, 3.8) is 0 Å². The van der Waals surface area contributed by atoms with Crippen LogP contribution in [-0.4, -0.2) is 0 Å². The monoisotopic (exact) mass is 859 g/mol. The van der Waals surface area contributed by atoms with Gasteiger partial charge in [0, 0.05) is 17.1 Å². The molecule has 0 saturated heterocycles. The van der Waals surface area contributed by atoms with E-state index in [0.717, 1.165) is 46.6 Å². The van der Waals surface area contributed by atoms with Gasteiger partial charge >= 0.3 is 0 Å². The number of anilines is 3. The van der Waals surface area contributed by atoms with Gasteiger partial charge in [-0.1, -0.05) is 261 Å². The summed E-state index contributed by atoms with van der Waals surface area (Å²) >= 11 is 0. The van der Waals surface area contributed by atoms with Gasteiger partial charge in [0.2, 0.25) is 0 Å². The van der Waals surface area contributed by atoms with Crippen LogP contribution in [0.25, 0.3) is 34.9 Å². The van der Waals surface area contributed by atoms with Gasteiger partial charge in [-0.3, -0.25) is 0 Å². The normalized spacial score (nSPS) is 12.6. The molecule has 8 aromatic carbocycles. The molecule has 8 aromatic rings. The Morgan fingerprint density at radius 1 is 0.313 bits per heavy atom. The van der Waals surface area contributed by atoms with Gasteiger partial charge in [-0.2, -0.15) is 0 Å². The molecule has 9 rings (SSSR count). The molecule has 1 aliphatic carbocycles.